The number of aromatic nitrogens is 2. The van der Waals surface area contributed by atoms with Crippen molar-refractivity contribution in [3.05, 3.63) is 74.8 Å². The normalized spacial score (nSPS) is 15.3. The molecule has 0 spiro atoms. The second-order valence-corrected chi connectivity index (χ2v) is 11.4. The largest absolute Gasteiger partial charge is 0.464 e. The van der Waals surface area contributed by atoms with Crippen molar-refractivity contribution in [1.29, 1.82) is 0 Å². The minimum absolute atomic E-state index is 0.0766. The molecule has 1 aromatic carbocycles. The maximum absolute atomic E-state index is 13.3. The molecule has 5 rings (SSSR count). The van der Waals surface area contributed by atoms with Crippen molar-refractivity contribution in [3.8, 4) is 0 Å². The molecule has 10 heteroatoms. The lowest BCUT2D eigenvalue weighted by Crippen LogP contribution is -2.47. The molecule has 0 radical (unpaired) electrons. The smallest absolute Gasteiger partial charge is 0.261 e. The number of nitrogens with zero attached hydrogens (tertiary/aromatic N) is 5. The molecule has 39 heavy (non-hydrogen) atoms. The SMILES string of the molecule is CCN1C(=O)C(C)(C)C(=O)N(C)c2cc(CN(CCn3ccc4occc4c3=O)Cc3scnc3C)ccc21. The summed E-state index contributed by atoms with van der Waals surface area (Å²) in [5.74, 6) is -0.427. The number of thiazole rings is 1. The number of carbonyl (C=O) groups is 2. The Balaban J connectivity index is 1.45. The van der Waals surface area contributed by atoms with Crippen LogP contribution in [0.1, 0.15) is 36.9 Å². The number of hydrogen-bond donors (Lipinski definition) is 0. The number of aryl methyl sites for hydroxylation is 1. The molecule has 0 aliphatic carbocycles. The molecule has 0 saturated carbocycles. The molecule has 0 N–H and O–H groups in total. The molecule has 204 valence electrons. The predicted molar refractivity (Wildman–Crippen MR) is 153 cm³/mol. The molecule has 4 aromatic rings. The Labute approximate surface area is 231 Å². The van der Waals surface area contributed by atoms with Gasteiger partial charge in [0, 0.05) is 50.8 Å². The molecule has 1 aliphatic rings. The average Bonchev–Trinajstić information content (AvgIpc) is 3.56. The van der Waals surface area contributed by atoms with E-state index in [-0.39, 0.29) is 17.4 Å². The number of pyridine rings is 1. The van der Waals surface area contributed by atoms with E-state index in [9.17, 15) is 14.4 Å². The van der Waals surface area contributed by atoms with E-state index in [1.54, 1.807) is 58.9 Å². The maximum atomic E-state index is 13.3. The van der Waals surface area contributed by atoms with Crippen molar-refractivity contribution in [2.45, 2.75) is 47.3 Å². The number of hydrogen-bond acceptors (Lipinski definition) is 7. The highest BCUT2D eigenvalue weighted by Gasteiger charge is 2.45. The number of benzene rings is 1. The standard InChI is InChI=1S/C29H33N5O4S/c1-6-34-22-8-7-20(15-23(22)31(5)27(36)29(3,4)28(34)37)16-32(17-25-19(2)30-18-39-25)12-13-33-11-9-24-21(26(33)35)10-14-38-24/h7-11,14-15,18H,6,12-13,16-17H2,1-5H3. The highest BCUT2D eigenvalue weighted by atomic mass is 32.1. The molecular weight excluding hydrogens is 514 g/mol. The summed E-state index contributed by atoms with van der Waals surface area (Å²) < 4.78 is 7.07. The predicted octanol–water partition coefficient (Wildman–Crippen LogP) is 4.42. The van der Waals surface area contributed by atoms with Crippen LogP contribution in [0.5, 0.6) is 0 Å². The molecule has 4 heterocycles. The molecule has 0 unspecified atom stereocenters. The second-order valence-electron chi connectivity index (χ2n) is 10.4. The van der Waals surface area contributed by atoms with E-state index in [4.69, 9.17) is 4.42 Å². The van der Waals surface area contributed by atoms with Gasteiger partial charge in [-0.1, -0.05) is 6.07 Å². The summed E-state index contributed by atoms with van der Waals surface area (Å²) in [5, 5.41) is 0.568. The van der Waals surface area contributed by atoms with E-state index in [2.05, 4.69) is 9.88 Å². The fourth-order valence-electron chi connectivity index (χ4n) is 5.13. The molecule has 3 aromatic heterocycles. The van der Waals surface area contributed by atoms with E-state index in [0.717, 1.165) is 16.9 Å². The fraction of sp³-hybridized carbons (Fsp3) is 0.379. The van der Waals surface area contributed by atoms with Crippen molar-refractivity contribution in [1.82, 2.24) is 14.5 Å². The van der Waals surface area contributed by atoms with Crippen LogP contribution >= 0.6 is 11.3 Å². The lowest BCUT2D eigenvalue weighted by molar-refractivity contribution is -0.137. The quantitative estimate of drug-likeness (QED) is 0.303. The molecule has 1 aliphatic heterocycles. The summed E-state index contributed by atoms with van der Waals surface area (Å²) in [7, 11) is 1.73. The van der Waals surface area contributed by atoms with Crippen molar-refractivity contribution in [2.24, 2.45) is 5.41 Å². The maximum Gasteiger partial charge on any atom is 0.261 e. The molecule has 0 bridgehead atoms. The monoisotopic (exact) mass is 547 g/mol. The van der Waals surface area contributed by atoms with Crippen LogP contribution in [0.25, 0.3) is 11.0 Å². The van der Waals surface area contributed by atoms with Gasteiger partial charge in [-0.25, -0.2) is 4.98 Å². The van der Waals surface area contributed by atoms with Crippen molar-refractivity contribution in [3.63, 3.8) is 0 Å². The van der Waals surface area contributed by atoms with Gasteiger partial charge in [0.25, 0.3) is 5.56 Å². The Morgan fingerprint density at radius 1 is 1.05 bits per heavy atom. The lowest BCUT2D eigenvalue weighted by atomic mass is 9.90. The number of anilines is 2. The van der Waals surface area contributed by atoms with Gasteiger partial charge in [-0.05, 0) is 57.5 Å². The van der Waals surface area contributed by atoms with Gasteiger partial charge in [0.05, 0.1) is 34.2 Å². The molecule has 2 amide bonds. The number of carbonyl (C=O) groups excluding carboxylic acids is 2. The van der Waals surface area contributed by atoms with Gasteiger partial charge in [-0.2, -0.15) is 0 Å². The topological polar surface area (TPSA) is 91.9 Å². The van der Waals surface area contributed by atoms with E-state index in [1.165, 1.54) is 11.1 Å². The van der Waals surface area contributed by atoms with Crippen molar-refractivity contribution < 1.29 is 14.0 Å². The van der Waals surface area contributed by atoms with Gasteiger partial charge in [0.1, 0.15) is 11.0 Å². The van der Waals surface area contributed by atoms with Crippen LogP contribution in [0, 0.1) is 12.3 Å². The Kier molecular flexibility index (Phi) is 7.17. The Morgan fingerprint density at radius 2 is 1.85 bits per heavy atom. The van der Waals surface area contributed by atoms with Gasteiger partial charge >= 0.3 is 0 Å². The number of amides is 2. The van der Waals surface area contributed by atoms with Gasteiger partial charge < -0.3 is 18.8 Å². The third kappa shape index (κ3) is 4.90. The van der Waals surface area contributed by atoms with E-state index < -0.39 is 5.41 Å². The van der Waals surface area contributed by atoms with E-state index in [1.807, 2.05) is 43.6 Å². The van der Waals surface area contributed by atoms with Crippen LogP contribution < -0.4 is 15.4 Å². The zero-order chi connectivity index (χ0) is 27.9. The molecule has 0 atom stereocenters. The Morgan fingerprint density at radius 3 is 2.56 bits per heavy atom. The minimum Gasteiger partial charge on any atom is -0.464 e. The summed E-state index contributed by atoms with van der Waals surface area (Å²) in [6.45, 7) is 10.2. The number of furan rings is 1. The zero-order valence-electron chi connectivity index (χ0n) is 22.9. The summed E-state index contributed by atoms with van der Waals surface area (Å²) >= 11 is 1.62. The first-order chi connectivity index (χ1) is 18.6. The van der Waals surface area contributed by atoms with Gasteiger partial charge in [-0.15, -0.1) is 11.3 Å². The Bertz CT molecular complexity index is 1600. The van der Waals surface area contributed by atoms with Gasteiger partial charge in [0.2, 0.25) is 11.8 Å². The third-order valence-electron chi connectivity index (χ3n) is 7.49. The van der Waals surface area contributed by atoms with E-state index >= 15 is 0 Å². The van der Waals surface area contributed by atoms with Gasteiger partial charge in [-0.3, -0.25) is 19.3 Å². The highest BCUT2D eigenvalue weighted by Crippen LogP contribution is 2.39. The summed E-state index contributed by atoms with van der Waals surface area (Å²) in [6, 6.07) is 9.47. The van der Waals surface area contributed by atoms with Crippen molar-refractivity contribution in [2.75, 3.05) is 29.9 Å². The van der Waals surface area contributed by atoms with Crippen LogP contribution in [-0.4, -0.2) is 46.4 Å². The molecule has 0 saturated heterocycles. The molecular formula is C29H33N5O4S. The van der Waals surface area contributed by atoms with Gasteiger partial charge in [0.15, 0.2) is 0 Å². The van der Waals surface area contributed by atoms with E-state index in [0.29, 0.717) is 49.4 Å². The summed E-state index contributed by atoms with van der Waals surface area (Å²) in [6.07, 6.45) is 3.30. The first-order valence-electron chi connectivity index (χ1n) is 13.0. The first-order valence-corrected chi connectivity index (χ1v) is 13.9. The van der Waals surface area contributed by atoms with Crippen LogP contribution in [0.4, 0.5) is 11.4 Å². The summed E-state index contributed by atoms with van der Waals surface area (Å²) in [4.78, 5) is 50.6. The fourth-order valence-corrected chi connectivity index (χ4v) is 5.95. The van der Waals surface area contributed by atoms with Crippen LogP contribution in [-0.2, 0) is 29.2 Å². The summed E-state index contributed by atoms with van der Waals surface area (Å²) in [5.41, 5.74) is 4.66. The third-order valence-corrected chi connectivity index (χ3v) is 8.41. The lowest BCUT2D eigenvalue weighted by Gasteiger charge is -2.27. The van der Waals surface area contributed by atoms with Crippen LogP contribution in [0.15, 0.2) is 57.5 Å². The minimum atomic E-state index is -1.15. The van der Waals surface area contributed by atoms with Crippen LogP contribution in [0.3, 0.4) is 0 Å². The first kappa shape index (κ1) is 26.8. The number of fused-ring (bicyclic) bond motifs is 2. The molecule has 9 nitrogen and oxygen atoms in total. The highest BCUT2D eigenvalue weighted by molar-refractivity contribution is 7.09. The second kappa shape index (κ2) is 10.4. The molecule has 0 fully saturated rings. The Hall–Kier alpha value is -3.76. The van der Waals surface area contributed by atoms with Crippen molar-refractivity contribution >= 4 is 45.5 Å². The number of rotatable bonds is 8. The van der Waals surface area contributed by atoms with Crippen LogP contribution in [0.2, 0.25) is 0 Å². The zero-order valence-corrected chi connectivity index (χ0v) is 23.7. The average molecular weight is 548 g/mol.